The van der Waals surface area contributed by atoms with Gasteiger partial charge in [-0.3, -0.25) is 14.4 Å². The molecule has 8 atom stereocenters. The molecule has 4 amide bonds. The number of aliphatic hydroxyl groups is 1. The number of amides is 4. The molecule has 70 heavy (non-hydrogen) atoms. The molecule has 1 aromatic rings. The topological polar surface area (TPSA) is 199 Å². The summed E-state index contributed by atoms with van der Waals surface area (Å²) < 4.78 is 22.8. The van der Waals surface area contributed by atoms with Gasteiger partial charge in [0.25, 0.3) is 0 Å². The Morgan fingerprint density at radius 3 is 2.06 bits per heavy atom. The number of ether oxygens (including phenoxy) is 4. The highest BCUT2D eigenvalue weighted by molar-refractivity contribution is 8.00. The highest BCUT2D eigenvalue weighted by Crippen LogP contribution is 2.63. The minimum atomic E-state index is -0.806. The Morgan fingerprint density at radius 2 is 1.44 bits per heavy atom. The van der Waals surface area contributed by atoms with Gasteiger partial charge in [0.2, 0.25) is 5.91 Å². The van der Waals surface area contributed by atoms with Gasteiger partial charge in [0.05, 0.1) is 18.4 Å². The third-order valence-electron chi connectivity index (χ3n) is 14.6. The lowest BCUT2D eigenvalue weighted by Crippen LogP contribution is -2.58. The molecule has 0 heterocycles. The maximum absolute atomic E-state index is 14.0. The van der Waals surface area contributed by atoms with Crippen LogP contribution in [0.5, 0.6) is 0 Å². The molecule has 4 aliphatic rings. The lowest BCUT2D eigenvalue weighted by atomic mass is 9.49. The molecule has 16 heteroatoms. The molecule has 0 aliphatic heterocycles. The first-order valence-electron chi connectivity index (χ1n) is 25.5. The minimum Gasteiger partial charge on any atom is -0.461 e. The molecule has 0 aromatic heterocycles. The van der Waals surface area contributed by atoms with Crippen LogP contribution in [-0.2, 0) is 39.9 Å². The second-order valence-corrected chi connectivity index (χ2v) is 25.0. The summed E-state index contributed by atoms with van der Waals surface area (Å²) in [7, 11) is 0. The first-order chi connectivity index (χ1) is 32.6. The van der Waals surface area contributed by atoms with E-state index in [9.17, 15) is 33.9 Å². The van der Waals surface area contributed by atoms with Crippen molar-refractivity contribution < 1.29 is 52.8 Å². The van der Waals surface area contributed by atoms with Crippen LogP contribution in [0.1, 0.15) is 152 Å². The van der Waals surface area contributed by atoms with Gasteiger partial charge in [0, 0.05) is 55.1 Å². The van der Waals surface area contributed by atoms with E-state index in [0.29, 0.717) is 25.3 Å². The van der Waals surface area contributed by atoms with E-state index in [1.807, 2.05) is 37.3 Å². The summed E-state index contributed by atoms with van der Waals surface area (Å²) >= 11 is 1.61. The zero-order valence-electron chi connectivity index (χ0n) is 44.1. The van der Waals surface area contributed by atoms with Gasteiger partial charge in [-0.1, -0.05) is 57.2 Å². The number of esters is 1. The first-order valence-corrected chi connectivity index (χ1v) is 26.6. The van der Waals surface area contributed by atoms with E-state index >= 15 is 0 Å². The summed E-state index contributed by atoms with van der Waals surface area (Å²) in [4.78, 5) is 79.4. The van der Waals surface area contributed by atoms with Gasteiger partial charge >= 0.3 is 24.2 Å². The summed E-state index contributed by atoms with van der Waals surface area (Å²) in [6.07, 6.45) is 7.92. The van der Waals surface area contributed by atoms with Crippen molar-refractivity contribution in [3.63, 3.8) is 0 Å². The fourth-order valence-electron chi connectivity index (χ4n) is 11.2. The Labute approximate surface area is 421 Å². The van der Waals surface area contributed by atoms with E-state index in [4.69, 9.17) is 18.9 Å². The fourth-order valence-corrected chi connectivity index (χ4v) is 12.2. The molecular formula is C54H84N4O11S. The molecule has 5 rings (SSSR count). The van der Waals surface area contributed by atoms with Crippen molar-refractivity contribution in [3.05, 3.63) is 41.5 Å². The molecule has 0 spiro atoms. The van der Waals surface area contributed by atoms with Crippen molar-refractivity contribution in [3.8, 4) is 0 Å². The fraction of sp³-hybridized carbons (Fsp3) is 0.741. The highest BCUT2D eigenvalue weighted by Gasteiger charge is 2.63. The number of carbonyl (C=O) groups excluding carboxylic acids is 6. The van der Waals surface area contributed by atoms with Crippen LogP contribution in [0.25, 0.3) is 6.08 Å². The number of hydrogen-bond acceptors (Lipinski definition) is 12. The Kier molecular flexibility index (Phi) is 19.0. The van der Waals surface area contributed by atoms with Gasteiger partial charge in [0.1, 0.15) is 28.7 Å². The number of aliphatic hydroxyl groups excluding tert-OH is 1. The number of carbonyl (C=O) groups is 6. The minimum absolute atomic E-state index is 0.153. The zero-order chi connectivity index (χ0) is 51.8. The molecule has 1 aromatic carbocycles. The number of ketones is 1. The van der Waals surface area contributed by atoms with Crippen molar-refractivity contribution >= 4 is 53.8 Å². The summed E-state index contributed by atoms with van der Waals surface area (Å²) in [6, 6.07) is 7.82. The van der Waals surface area contributed by atoms with Crippen LogP contribution in [0.4, 0.5) is 14.4 Å². The standard InChI is InChI=1S/C54H84N4O11S/c1-34-21-25-54-26-23-40(59)45(54)44(34)41(66-43(61)33-70-39-19-17-37(18-20-39)30-56-42(60)31-57-48(64)68-51(6,7)8)29-53(12,46(62)35(54)2)24-22-36-13-15-38(16-14-36)32-58(49(65)69-52(9,10)11)28-27-55-47(63)67-50(3,4)5/h13-16,22,24,34-35,37,39,41,44-46,62H,17-21,23,25-33H2,1-12H3,(H,55,63)(H,56,60)(H,57,64)/b24-22+/t34-,35+,37?,39?,41-,44?,45?,46+,53+,54+/m1/s1. The lowest BCUT2D eigenvalue weighted by molar-refractivity contribution is -0.178. The molecule has 4 fully saturated rings. The number of thioether (sulfide) groups is 1. The van der Waals surface area contributed by atoms with Gasteiger partial charge in [-0.15, -0.1) is 11.8 Å². The van der Waals surface area contributed by atoms with Crippen LogP contribution in [0.15, 0.2) is 30.3 Å². The average Bonchev–Trinajstić information content (AvgIpc) is 3.60. The van der Waals surface area contributed by atoms with Gasteiger partial charge in [-0.2, -0.15) is 0 Å². The summed E-state index contributed by atoms with van der Waals surface area (Å²) in [6.45, 7) is 23.4. The number of nitrogens with one attached hydrogen (secondary N) is 3. The lowest BCUT2D eigenvalue weighted by Gasteiger charge is -2.57. The molecule has 4 N–H and O–H groups in total. The van der Waals surface area contributed by atoms with Crippen LogP contribution in [-0.4, -0.2) is 112 Å². The predicted molar refractivity (Wildman–Crippen MR) is 272 cm³/mol. The Hall–Kier alpha value is -4.31. The van der Waals surface area contributed by atoms with Crippen molar-refractivity contribution in [1.82, 2.24) is 20.9 Å². The SMILES string of the molecule is C[C@@H]1CC[C@@]23CCC(=O)C2C1[C@H](OC(=O)CSC1CCC(CNC(=O)CNC(=O)OC(C)(C)C)CC1)C[C@](C)(/C=C/c1ccc(CN(CCNC(=O)OC(C)(C)C)C(=O)OC(C)(C)C)cc1)[C@@H](O)[C@@H]3C. The summed E-state index contributed by atoms with van der Waals surface area (Å²) in [5, 5.41) is 20.9. The molecule has 0 radical (unpaired) electrons. The molecule has 2 unspecified atom stereocenters. The normalized spacial score (nSPS) is 29.2. The van der Waals surface area contributed by atoms with Crippen molar-refractivity contribution in [2.24, 2.45) is 40.4 Å². The van der Waals surface area contributed by atoms with Crippen molar-refractivity contribution in [2.45, 2.75) is 182 Å². The van der Waals surface area contributed by atoms with Crippen LogP contribution < -0.4 is 16.0 Å². The molecule has 0 saturated heterocycles. The molecule has 4 aliphatic carbocycles. The van der Waals surface area contributed by atoms with Crippen LogP contribution >= 0.6 is 11.8 Å². The van der Waals surface area contributed by atoms with Crippen molar-refractivity contribution in [2.75, 3.05) is 31.9 Å². The predicted octanol–water partition coefficient (Wildman–Crippen LogP) is 9.22. The van der Waals surface area contributed by atoms with Gasteiger partial charge in [-0.25, -0.2) is 14.4 Å². The number of hydrogen-bond donors (Lipinski definition) is 4. The third kappa shape index (κ3) is 16.1. The Morgan fingerprint density at radius 1 is 0.829 bits per heavy atom. The quantitative estimate of drug-likeness (QED) is 0.0961. The van der Waals surface area contributed by atoms with E-state index in [2.05, 4.69) is 35.9 Å². The van der Waals surface area contributed by atoms with E-state index in [-0.39, 0.29) is 83.9 Å². The number of nitrogens with zero attached hydrogens (tertiary/aromatic N) is 1. The summed E-state index contributed by atoms with van der Waals surface area (Å²) in [5.74, 6) is -0.288. The van der Waals surface area contributed by atoms with E-state index in [0.717, 1.165) is 56.1 Å². The monoisotopic (exact) mass is 997 g/mol. The number of alkyl carbamates (subject to hydrolysis) is 2. The molecule has 4 saturated carbocycles. The van der Waals surface area contributed by atoms with Gasteiger partial charge < -0.3 is 44.9 Å². The van der Waals surface area contributed by atoms with Crippen LogP contribution in [0.3, 0.4) is 0 Å². The molecule has 2 bridgehead atoms. The number of rotatable bonds is 15. The smallest absolute Gasteiger partial charge is 0.410 e. The Balaban J connectivity index is 1.24. The second-order valence-electron chi connectivity index (χ2n) is 23.8. The van der Waals surface area contributed by atoms with Crippen LogP contribution in [0.2, 0.25) is 0 Å². The van der Waals surface area contributed by atoms with E-state index < -0.39 is 52.7 Å². The first kappa shape index (κ1) is 56.6. The third-order valence-corrected chi connectivity index (χ3v) is 16.0. The maximum Gasteiger partial charge on any atom is 0.410 e. The number of Topliss-reactive ketones (excluding diaryl/α,β-unsaturated/α-hetero) is 1. The van der Waals surface area contributed by atoms with Gasteiger partial charge in [0.15, 0.2) is 0 Å². The maximum atomic E-state index is 14.0. The zero-order valence-corrected chi connectivity index (χ0v) is 44.9. The van der Waals surface area contributed by atoms with E-state index in [1.165, 1.54) is 0 Å². The largest absolute Gasteiger partial charge is 0.461 e. The number of benzene rings is 1. The summed E-state index contributed by atoms with van der Waals surface area (Å²) in [5.41, 5.74) is -1.44. The van der Waals surface area contributed by atoms with E-state index in [1.54, 1.807) is 79.0 Å². The molecule has 392 valence electrons. The highest BCUT2D eigenvalue weighted by atomic mass is 32.2. The molecule has 15 nitrogen and oxygen atoms in total. The van der Waals surface area contributed by atoms with Crippen molar-refractivity contribution in [1.29, 1.82) is 0 Å². The van der Waals surface area contributed by atoms with Crippen LogP contribution in [0, 0.1) is 40.4 Å². The Bertz CT molecular complexity index is 2020. The molecular weight excluding hydrogens is 913 g/mol. The van der Waals surface area contributed by atoms with Gasteiger partial charge in [-0.05, 0) is 148 Å². The second kappa shape index (κ2) is 23.5. The average molecular weight is 997 g/mol.